The number of H-pyrrole nitrogens is 1. The zero-order chi connectivity index (χ0) is 19.6. The molecule has 27 heavy (non-hydrogen) atoms. The van der Waals surface area contributed by atoms with Gasteiger partial charge in [-0.15, -0.1) is 0 Å². The van der Waals surface area contributed by atoms with Crippen molar-refractivity contribution in [2.45, 2.75) is 13.5 Å². The number of nitrogens with zero attached hydrogens (tertiary/aromatic N) is 1. The van der Waals surface area contributed by atoms with Gasteiger partial charge in [0.2, 0.25) is 0 Å². The van der Waals surface area contributed by atoms with Crippen LogP contribution in [0.1, 0.15) is 21.5 Å². The number of hydrogen-bond acceptors (Lipinski definition) is 2. The van der Waals surface area contributed by atoms with Crippen molar-refractivity contribution < 1.29 is 4.79 Å². The quantitative estimate of drug-likeness (QED) is 0.674. The number of pyridine rings is 1. The first-order valence-corrected chi connectivity index (χ1v) is 9.11. The van der Waals surface area contributed by atoms with Gasteiger partial charge in [0, 0.05) is 19.3 Å². The van der Waals surface area contributed by atoms with Gasteiger partial charge in [-0.1, -0.05) is 59.1 Å². The molecule has 0 unspecified atom stereocenters. The van der Waals surface area contributed by atoms with Gasteiger partial charge in [-0.2, -0.15) is 0 Å². The molecule has 6 heteroatoms. The smallest absolute Gasteiger partial charge is 0.261 e. The van der Waals surface area contributed by atoms with E-state index in [1.54, 1.807) is 37.4 Å². The summed E-state index contributed by atoms with van der Waals surface area (Å²) in [4.78, 5) is 29.4. The van der Waals surface area contributed by atoms with E-state index in [-0.39, 0.29) is 18.0 Å². The summed E-state index contributed by atoms with van der Waals surface area (Å²) in [6.45, 7) is 2.23. The van der Waals surface area contributed by atoms with Gasteiger partial charge in [0.25, 0.3) is 11.5 Å². The molecular weight excluding hydrogens is 383 g/mol. The molecule has 0 aliphatic carbocycles. The van der Waals surface area contributed by atoms with Crippen LogP contribution in [-0.4, -0.2) is 22.8 Å². The molecule has 0 spiro atoms. The molecule has 0 radical (unpaired) electrons. The lowest BCUT2D eigenvalue weighted by Gasteiger charge is -2.18. The minimum Gasteiger partial charge on any atom is -0.337 e. The van der Waals surface area contributed by atoms with Crippen LogP contribution in [0.25, 0.3) is 11.3 Å². The van der Waals surface area contributed by atoms with Crippen LogP contribution < -0.4 is 5.56 Å². The lowest BCUT2D eigenvalue weighted by molar-refractivity contribution is 0.0783. The fourth-order valence-electron chi connectivity index (χ4n) is 2.83. The summed E-state index contributed by atoms with van der Waals surface area (Å²) in [5.41, 5.74) is 3.01. The summed E-state index contributed by atoms with van der Waals surface area (Å²) in [7, 11) is 1.62. The standard InChI is InChI=1S/C21H18Cl2N2O2/c1-13-5-3-6-14(11-13)18-10-9-16(20(26)24-18)21(27)25(2)12-15-7-4-8-17(22)19(15)23/h3-11H,12H2,1-2H3,(H,24,26). The number of rotatable bonds is 4. The van der Waals surface area contributed by atoms with E-state index in [9.17, 15) is 9.59 Å². The number of aryl methyl sites for hydroxylation is 1. The van der Waals surface area contributed by atoms with Crippen molar-refractivity contribution in [1.29, 1.82) is 0 Å². The second-order valence-electron chi connectivity index (χ2n) is 6.36. The average Bonchev–Trinajstić information content (AvgIpc) is 2.65. The second-order valence-corrected chi connectivity index (χ2v) is 7.14. The first-order chi connectivity index (χ1) is 12.9. The van der Waals surface area contributed by atoms with Gasteiger partial charge >= 0.3 is 0 Å². The number of carbonyl (C=O) groups is 1. The van der Waals surface area contributed by atoms with Gasteiger partial charge in [-0.25, -0.2) is 0 Å². The molecule has 0 saturated heterocycles. The number of aromatic amines is 1. The number of hydrogen-bond donors (Lipinski definition) is 1. The van der Waals surface area contributed by atoms with Gasteiger partial charge < -0.3 is 9.88 Å². The molecule has 1 amide bonds. The molecule has 1 aromatic heterocycles. The Kier molecular flexibility index (Phi) is 5.68. The normalized spacial score (nSPS) is 10.7. The van der Waals surface area contributed by atoms with Crippen molar-refractivity contribution in [3.63, 3.8) is 0 Å². The molecule has 0 bridgehead atoms. The molecule has 3 rings (SSSR count). The number of benzene rings is 2. The molecule has 0 atom stereocenters. The van der Waals surface area contributed by atoms with Gasteiger partial charge in [0.1, 0.15) is 5.56 Å². The van der Waals surface area contributed by atoms with Crippen molar-refractivity contribution in [2.75, 3.05) is 7.05 Å². The summed E-state index contributed by atoms with van der Waals surface area (Å²) in [5.74, 6) is -0.386. The Bertz CT molecular complexity index is 1060. The number of halogens is 2. The van der Waals surface area contributed by atoms with Gasteiger partial charge in [-0.3, -0.25) is 9.59 Å². The Morgan fingerprint density at radius 3 is 2.52 bits per heavy atom. The van der Waals surface area contributed by atoms with Crippen LogP contribution in [0.15, 0.2) is 59.4 Å². The van der Waals surface area contributed by atoms with E-state index in [4.69, 9.17) is 23.2 Å². The van der Waals surface area contributed by atoms with Crippen molar-refractivity contribution >= 4 is 29.1 Å². The Labute approximate surface area is 167 Å². The summed E-state index contributed by atoms with van der Waals surface area (Å²) >= 11 is 12.2. The fourth-order valence-corrected chi connectivity index (χ4v) is 3.21. The maximum Gasteiger partial charge on any atom is 0.261 e. The lowest BCUT2D eigenvalue weighted by atomic mass is 10.1. The van der Waals surface area contributed by atoms with Crippen LogP contribution in [0.3, 0.4) is 0 Å². The highest BCUT2D eigenvalue weighted by Gasteiger charge is 2.17. The van der Waals surface area contributed by atoms with Crippen LogP contribution in [0.5, 0.6) is 0 Å². The summed E-state index contributed by atoms with van der Waals surface area (Å²) in [5, 5.41) is 0.831. The van der Waals surface area contributed by atoms with Crippen molar-refractivity contribution in [2.24, 2.45) is 0 Å². The zero-order valence-corrected chi connectivity index (χ0v) is 16.4. The third-order valence-electron chi connectivity index (χ3n) is 4.25. The van der Waals surface area contributed by atoms with Gasteiger partial charge in [0.05, 0.1) is 10.0 Å². The number of carbonyl (C=O) groups excluding carboxylic acids is 1. The van der Waals surface area contributed by atoms with Crippen molar-refractivity contribution in [3.05, 3.63) is 91.7 Å². The summed E-state index contributed by atoms with van der Waals surface area (Å²) < 4.78 is 0. The van der Waals surface area contributed by atoms with E-state index in [0.29, 0.717) is 21.3 Å². The number of aromatic nitrogens is 1. The van der Waals surface area contributed by atoms with E-state index < -0.39 is 5.56 Å². The molecular formula is C21H18Cl2N2O2. The third-order valence-corrected chi connectivity index (χ3v) is 5.11. The average molecular weight is 401 g/mol. The molecule has 0 fully saturated rings. The highest BCUT2D eigenvalue weighted by atomic mass is 35.5. The molecule has 2 aromatic carbocycles. The van der Waals surface area contributed by atoms with Crippen molar-refractivity contribution in [3.8, 4) is 11.3 Å². The Morgan fingerprint density at radius 2 is 1.81 bits per heavy atom. The molecule has 0 aliphatic rings. The molecule has 138 valence electrons. The molecule has 0 aliphatic heterocycles. The maximum absolute atomic E-state index is 12.7. The Balaban J connectivity index is 1.84. The monoisotopic (exact) mass is 400 g/mol. The minimum atomic E-state index is -0.428. The van der Waals surface area contributed by atoms with Crippen LogP contribution in [0.2, 0.25) is 10.0 Å². The third kappa shape index (κ3) is 4.24. The maximum atomic E-state index is 12.7. The first kappa shape index (κ1) is 19.2. The first-order valence-electron chi connectivity index (χ1n) is 8.35. The predicted molar refractivity (Wildman–Crippen MR) is 109 cm³/mol. The number of amides is 1. The topological polar surface area (TPSA) is 53.2 Å². The van der Waals surface area contributed by atoms with Crippen LogP contribution in [0.4, 0.5) is 0 Å². The Hall–Kier alpha value is -2.56. The van der Waals surface area contributed by atoms with Crippen molar-refractivity contribution in [1.82, 2.24) is 9.88 Å². The zero-order valence-electron chi connectivity index (χ0n) is 14.9. The molecule has 4 nitrogen and oxygen atoms in total. The largest absolute Gasteiger partial charge is 0.337 e. The summed E-state index contributed by atoms with van der Waals surface area (Å²) in [6.07, 6.45) is 0. The highest BCUT2D eigenvalue weighted by Crippen LogP contribution is 2.26. The molecule has 1 N–H and O–H groups in total. The van der Waals surface area contributed by atoms with E-state index in [1.807, 2.05) is 31.2 Å². The van der Waals surface area contributed by atoms with Crippen LogP contribution in [-0.2, 0) is 6.54 Å². The van der Waals surface area contributed by atoms with E-state index in [0.717, 1.165) is 11.1 Å². The molecule has 3 aromatic rings. The predicted octanol–water partition coefficient (Wildman–Crippen LogP) is 4.93. The highest BCUT2D eigenvalue weighted by molar-refractivity contribution is 6.42. The number of nitrogens with one attached hydrogen (secondary N) is 1. The van der Waals surface area contributed by atoms with Crippen LogP contribution in [0, 0.1) is 6.92 Å². The van der Waals surface area contributed by atoms with E-state index >= 15 is 0 Å². The van der Waals surface area contributed by atoms with Gasteiger partial charge in [0.15, 0.2) is 0 Å². The van der Waals surface area contributed by atoms with E-state index in [2.05, 4.69) is 4.98 Å². The SMILES string of the molecule is Cc1cccc(-c2ccc(C(=O)N(C)Cc3cccc(Cl)c3Cl)c(=O)[nH]2)c1. The molecule has 0 saturated carbocycles. The summed E-state index contributed by atoms with van der Waals surface area (Å²) in [6, 6.07) is 16.3. The minimum absolute atomic E-state index is 0.0760. The van der Waals surface area contributed by atoms with Gasteiger partial charge in [-0.05, 0) is 42.3 Å². The van der Waals surface area contributed by atoms with E-state index in [1.165, 1.54) is 4.90 Å². The Morgan fingerprint density at radius 1 is 1.07 bits per heavy atom. The van der Waals surface area contributed by atoms with Crippen LogP contribution >= 0.6 is 23.2 Å². The fraction of sp³-hybridized carbons (Fsp3) is 0.143. The second kappa shape index (κ2) is 7.99. The lowest BCUT2D eigenvalue weighted by Crippen LogP contribution is -2.31. The molecule has 1 heterocycles.